The van der Waals surface area contributed by atoms with Crippen molar-refractivity contribution in [1.82, 2.24) is 5.32 Å². The monoisotopic (exact) mass is 346 g/mol. The molecule has 2 aromatic carbocycles. The minimum atomic E-state index is -1.35. The number of nitrogens with one attached hydrogen (secondary N) is 1. The maximum absolute atomic E-state index is 13.7. The standard InChI is InChI=1S/C18H18FNO5/c1-24-15-8-7-11(9-16(15)25-2)14(10-17(21)22)20-18(23)12-5-3-4-6-13(12)19/h3-9,14H,10H2,1-2H3,(H,20,23)(H,21,22)/p-1/t14-/m1/s1. The van der Waals surface area contributed by atoms with Gasteiger partial charge in [-0.05, 0) is 29.8 Å². The van der Waals surface area contributed by atoms with Crippen LogP contribution >= 0.6 is 0 Å². The number of aliphatic carboxylic acids is 1. The number of rotatable bonds is 7. The van der Waals surface area contributed by atoms with Crippen LogP contribution in [-0.2, 0) is 4.79 Å². The Bertz CT molecular complexity index is 778. The summed E-state index contributed by atoms with van der Waals surface area (Å²) in [6, 6.07) is 9.25. The zero-order chi connectivity index (χ0) is 18.4. The van der Waals surface area contributed by atoms with Crippen molar-refractivity contribution in [2.75, 3.05) is 14.2 Å². The van der Waals surface area contributed by atoms with Gasteiger partial charge in [0.05, 0.1) is 25.8 Å². The summed E-state index contributed by atoms with van der Waals surface area (Å²) >= 11 is 0. The van der Waals surface area contributed by atoms with Crippen LogP contribution in [0.15, 0.2) is 42.5 Å². The molecular formula is C18H17FNO5-. The van der Waals surface area contributed by atoms with Gasteiger partial charge in [-0.3, -0.25) is 4.79 Å². The van der Waals surface area contributed by atoms with Gasteiger partial charge >= 0.3 is 0 Å². The number of carboxylic acid groups (broad SMARTS) is 1. The number of carbonyl (C=O) groups is 2. The molecule has 1 N–H and O–H groups in total. The van der Waals surface area contributed by atoms with E-state index in [1.807, 2.05) is 0 Å². The topological polar surface area (TPSA) is 87.7 Å². The molecule has 2 rings (SSSR count). The van der Waals surface area contributed by atoms with E-state index in [1.54, 1.807) is 18.2 Å². The van der Waals surface area contributed by atoms with Gasteiger partial charge in [-0.25, -0.2) is 4.39 Å². The van der Waals surface area contributed by atoms with E-state index < -0.39 is 30.2 Å². The van der Waals surface area contributed by atoms with Gasteiger partial charge in [-0.1, -0.05) is 18.2 Å². The number of benzene rings is 2. The molecule has 0 aromatic heterocycles. The lowest BCUT2D eigenvalue weighted by molar-refractivity contribution is -0.306. The fraction of sp³-hybridized carbons (Fsp3) is 0.222. The third-order valence-corrected chi connectivity index (χ3v) is 3.60. The Morgan fingerprint density at radius 2 is 1.80 bits per heavy atom. The molecule has 6 nitrogen and oxygen atoms in total. The molecule has 0 aliphatic heterocycles. The average Bonchev–Trinajstić information content (AvgIpc) is 2.60. The Labute approximate surface area is 144 Å². The molecule has 2 aromatic rings. The molecule has 0 spiro atoms. The second kappa shape index (κ2) is 8.14. The molecule has 0 aliphatic rings. The quantitative estimate of drug-likeness (QED) is 0.820. The lowest BCUT2D eigenvalue weighted by Gasteiger charge is -2.21. The van der Waals surface area contributed by atoms with E-state index in [1.165, 1.54) is 32.4 Å². The predicted octanol–water partition coefficient (Wildman–Crippen LogP) is 1.45. The van der Waals surface area contributed by atoms with E-state index in [4.69, 9.17) is 9.47 Å². The lowest BCUT2D eigenvalue weighted by Crippen LogP contribution is -2.34. The summed E-state index contributed by atoms with van der Waals surface area (Å²) < 4.78 is 24.1. The summed E-state index contributed by atoms with van der Waals surface area (Å²) in [6.45, 7) is 0. The Hall–Kier alpha value is -3.09. The van der Waals surface area contributed by atoms with Gasteiger partial charge in [0.25, 0.3) is 5.91 Å². The Balaban J connectivity index is 2.32. The van der Waals surface area contributed by atoms with Gasteiger partial charge in [0, 0.05) is 12.4 Å². The van der Waals surface area contributed by atoms with Crippen LogP contribution in [0, 0.1) is 5.82 Å². The molecule has 0 saturated heterocycles. The summed E-state index contributed by atoms with van der Waals surface area (Å²) in [5.74, 6) is -1.94. The molecule has 0 fully saturated rings. The fourth-order valence-electron chi connectivity index (χ4n) is 2.37. The minimum absolute atomic E-state index is 0.175. The minimum Gasteiger partial charge on any atom is -0.550 e. The molecule has 1 atom stereocenters. The Morgan fingerprint density at radius 1 is 1.12 bits per heavy atom. The first-order valence-corrected chi connectivity index (χ1v) is 7.43. The highest BCUT2D eigenvalue weighted by molar-refractivity contribution is 5.94. The predicted molar refractivity (Wildman–Crippen MR) is 85.8 cm³/mol. The fourth-order valence-corrected chi connectivity index (χ4v) is 2.37. The molecule has 132 valence electrons. The summed E-state index contributed by atoms with van der Waals surface area (Å²) in [5.41, 5.74) is 0.290. The summed E-state index contributed by atoms with van der Waals surface area (Å²) in [5, 5.41) is 13.6. The largest absolute Gasteiger partial charge is 0.550 e. The van der Waals surface area contributed by atoms with Gasteiger partial charge in [0.2, 0.25) is 0 Å². The highest BCUT2D eigenvalue weighted by Gasteiger charge is 2.19. The molecule has 0 saturated carbocycles. The normalized spacial score (nSPS) is 11.5. The number of hydrogen-bond acceptors (Lipinski definition) is 5. The van der Waals surface area contributed by atoms with Crippen molar-refractivity contribution in [3.05, 3.63) is 59.4 Å². The molecule has 7 heteroatoms. The third-order valence-electron chi connectivity index (χ3n) is 3.60. The average molecular weight is 346 g/mol. The van der Waals surface area contributed by atoms with Crippen molar-refractivity contribution < 1.29 is 28.6 Å². The zero-order valence-corrected chi connectivity index (χ0v) is 13.7. The first-order valence-electron chi connectivity index (χ1n) is 7.43. The number of carboxylic acids is 1. The van der Waals surface area contributed by atoms with Crippen LogP contribution in [0.1, 0.15) is 28.4 Å². The lowest BCUT2D eigenvalue weighted by atomic mass is 10.0. The van der Waals surface area contributed by atoms with E-state index in [0.29, 0.717) is 17.1 Å². The smallest absolute Gasteiger partial charge is 0.254 e. The summed E-state index contributed by atoms with van der Waals surface area (Å²) in [4.78, 5) is 23.3. The van der Waals surface area contributed by atoms with Crippen LogP contribution in [0.2, 0.25) is 0 Å². The van der Waals surface area contributed by atoms with E-state index in [0.717, 1.165) is 6.07 Å². The first-order chi connectivity index (χ1) is 12.0. The molecule has 0 aliphatic carbocycles. The highest BCUT2D eigenvalue weighted by Crippen LogP contribution is 2.31. The number of carbonyl (C=O) groups excluding carboxylic acids is 2. The molecule has 0 bridgehead atoms. The molecule has 25 heavy (non-hydrogen) atoms. The number of ether oxygens (including phenoxy) is 2. The van der Waals surface area contributed by atoms with Crippen molar-refractivity contribution in [2.45, 2.75) is 12.5 Å². The second-order valence-electron chi connectivity index (χ2n) is 5.20. The van der Waals surface area contributed by atoms with Crippen molar-refractivity contribution in [3.8, 4) is 11.5 Å². The summed E-state index contributed by atoms with van der Waals surface area (Å²) in [7, 11) is 2.91. The number of hydrogen-bond donors (Lipinski definition) is 1. The Morgan fingerprint density at radius 3 is 2.40 bits per heavy atom. The van der Waals surface area contributed by atoms with E-state index in [2.05, 4.69) is 5.32 Å². The van der Waals surface area contributed by atoms with Gasteiger partial charge in [-0.15, -0.1) is 0 Å². The second-order valence-corrected chi connectivity index (χ2v) is 5.20. The van der Waals surface area contributed by atoms with E-state index in [9.17, 15) is 19.1 Å². The molecule has 1 amide bonds. The van der Waals surface area contributed by atoms with Gasteiger partial charge < -0.3 is 24.7 Å². The van der Waals surface area contributed by atoms with Crippen LogP contribution in [0.5, 0.6) is 11.5 Å². The third kappa shape index (κ3) is 4.47. The SMILES string of the molecule is COc1ccc([C@@H](CC(=O)[O-])NC(=O)c2ccccc2F)cc1OC. The molecule has 0 heterocycles. The van der Waals surface area contributed by atoms with Crippen molar-refractivity contribution in [2.24, 2.45) is 0 Å². The van der Waals surface area contributed by atoms with Crippen LogP contribution in [0.3, 0.4) is 0 Å². The van der Waals surface area contributed by atoms with Gasteiger partial charge in [-0.2, -0.15) is 0 Å². The van der Waals surface area contributed by atoms with Crippen molar-refractivity contribution >= 4 is 11.9 Å². The maximum atomic E-state index is 13.7. The van der Waals surface area contributed by atoms with Crippen LogP contribution < -0.4 is 19.9 Å². The van der Waals surface area contributed by atoms with Crippen molar-refractivity contribution in [3.63, 3.8) is 0 Å². The van der Waals surface area contributed by atoms with Crippen LogP contribution in [0.4, 0.5) is 4.39 Å². The van der Waals surface area contributed by atoms with Crippen LogP contribution in [0.25, 0.3) is 0 Å². The first kappa shape index (κ1) is 18.3. The number of halogens is 1. The van der Waals surface area contributed by atoms with E-state index in [-0.39, 0.29) is 5.56 Å². The number of amides is 1. The molecule has 0 radical (unpaired) electrons. The van der Waals surface area contributed by atoms with Crippen LogP contribution in [-0.4, -0.2) is 26.1 Å². The molecular weight excluding hydrogens is 329 g/mol. The number of methoxy groups -OCH3 is 2. The highest BCUT2D eigenvalue weighted by atomic mass is 19.1. The maximum Gasteiger partial charge on any atom is 0.254 e. The van der Waals surface area contributed by atoms with Gasteiger partial charge in [0.1, 0.15) is 5.82 Å². The summed E-state index contributed by atoms with van der Waals surface area (Å²) in [6.07, 6.45) is -0.477. The zero-order valence-electron chi connectivity index (χ0n) is 13.7. The molecule has 0 unspecified atom stereocenters. The van der Waals surface area contributed by atoms with E-state index >= 15 is 0 Å². The van der Waals surface area contributed by atoms with Crippen molar-refractivity contribution in [1.29, 1.82) is 0 Å². The van der Waals surface area contributed by atoms with Gasteiger partial charge in [0.15, 0.2) is 11.5 Å². The Kier molecular flexibility index (Phi) is 5.94.